The fourth-order valence-electron chi connectivity index (χ4n) is 0.975. The summed E-state index contributed by atoms with van der Waals surface area (Å²) < 4.78 is 0.905. The van der Waals surface area contributed by atoms with Crippen molar-refractivity contribution < 1.29 is 9.59 Å². The molecule has 74 valence electrons. The quantitative estimate of drug-likeness (QED) is 0.778. The van der Waals surface area contributed by atoms with E-state index in [4.69, 9.17) is 5.73 Å². The van der Waals surface area contributed by atoms with Gasteiger partial charge in [0.05, 0.1) is 0 Å². The predicted octanol–water partition coefficient (Wildman–Crippen LogP) is 0.122. The number of benzene rings is 1. The van der Waals surface area contributed by atoms with Crippen LogP contribution < -0.4 is 10.2 Å². The van der Waals surface area contributed by atoms with Crippen LogP contribution >= 0.6 is 0 Å². The summed E-state index contributed by atoms with van der Waals surface area (Å²) >= 11 is 0.0114. The third-order valence-corrected chi connectivity index (χ3v) is 4.14. The van der Waals surface area contributed by atoms with Crippen molar-refractivity contribution in [2.45, 2.75) is 12.2 Å². The number of rotatable bonds is 4. The molecule has 4 heteroatoms. The van der Waals surface area contributed by atoms with E-state index in [0.717, 1.165) is 4.46 Å². The molecular formula is C10H11NO2Se. The van der Waals surface area contributed by atoms with Crippen molar-refractivity contribution in [2.75, 3.05) is 0 Å². The molecule has 3 nitrogen and oxygen atoms in total. The molecule has 0 fully saturated rings. The van der Waals surface area contributed by atoms with E-state index in [1.54, 1.807) is 19.1 Å². The average Bonchev–Trinajstić information content (AvgIpc) is 2.15. The van der Waals surface area contributed by atoms with Gasteiger partial charge in [-0.3, -0.25) is 0 Å². The predicted molar refractivity (Wildman–Crippen MR) is 55.8 cm³/mol. The van der Waals surface area contributed by atoms with Gasteiger partial charge in [-0.15, -0.1) is 0 Å². The third kappa shape index (κ3) is 2.98. The van der Waals surface area contributed by atoms with E-state index < -0.39 is 5.91 Å². The van der Waals surface area contributed by atoms with Crippen molar-refractivity contribution >= 4 is 31.1 Å². The van der Waals surface area contributed by atoms with Crippen LogP contribution in [0.4, 0.5) is 0 Å². The maximum atomic E-state index is 11.0. The Morgan fingerprint density at radius 1 is 1.36 bits per heavy atom. The Morgan fingerprint density at radius 3 is 2.57 bits per heavy atom. The van der Waals surface area contributed by atoms with Crippen LogP contribution in [-0.2, 0) is 4.79 Å². The molecule has 0 aliphatic heterocycles. The molecule has 0 radical (unpaired) electrons. The number of carbonyl (C=O) groups excluding carboxylic acids is 2. The first kappa shape index (κ1) is 11.0. The second kappa shape index (κ2) is 4.94. The van der Waals surface area contributed by atoms with Crippen LogP contribution in [0, 0.1) is 0 Å². The van der Waals surface area contributed by atoms with Gasteiger partial charge in [-0.2, -0.15) is 0 Å². The van der Waals surface area contributed by atoms with Gasteiger partial charge in [0.25, 0.3) is 0 Å². The van der Waals surface area contributed by atoms with Gasteiger partial charge >= 0.3 is 88.5 Å². The Kier molecular flexibility index (Phi) is 3.86. The van der Waals surface area contributed by atoms with Crippen molar-refractivity contribution in [3.8, 4) is 0 Å². The van der Waals surface area contributed by atoms with Crippen LogP contribution in [-0.4, -0.2) is 26.6 Å². The van der Waals surface area contributed by atoms with Gasteiger partial charge in [-0.1, -0.05) is 0 Å². The van der Waals surface area contributed by atoms with Crippen LogP contribution in [0.5, 0.6) is 0 Å². The first-order valence-electron chi connectivity index (χ1n) is 4.12. The first-order valence-corrected chi connectivity index (χ1v) is 6.19. The fraction of sp³-hybridized carbons (Fsp3) is 0.200. The average molecular weight is 256 g/mol. The van der Waals surface area contributed by atoms with Gasteiger partial charge in [0.1, 0.15) is 0 Å². The molecule has 0 heterocycles. The van der Waals surface area contributed by atoms with Crippen LogP contribution in [0.25, 0.3) is 0 Å². The van der Waals surface area contributed by atoms with Gasteiger partial charge in [-0.05, 0) is 0 Å². The summed E-state index contributed by atoms with van der Waals surface area (Å²) in [7, 11) is 0. The standard InChI is InChI=1S/C10H11NO2Se/c1-7(12)6-14-9-5-3-2-4-8(9)10(11)13/h2-5H,6H2,1H3,(H2,11,13). The van der Waals surface area contributed by atoms with E-state index in [-0.39, 0.29) is 20.7 Å². The number of ketones is 1. The number of carbonyl (C=O) groups is 2. The van der Waals surface area contributed by atoms with E-state index >= 15 is 0 Å². The summed E-state index contributed by atoms with van der Waals surface area (Å²) in [5.74, 6) is -0.282. The molecular weight excluding hydrogens is 245 g/mol. The van der Waals surface area contributed by atoms with Crippen molar-refractivity contribution in [3.05, 3.63) is 29.8 Å². The minimum atomic E-state index is -0.425. The van der Waals surface area contributed by atoms with Crippen LogP contribution in [0.1, 0.15) is 17.3 Å². The molecule has 0 saturated heterocycles. The van der Waals surface area contributed by atoms with E-state index in [9.17, 15) is 9.59 Å². The molecule has 1 amide bonds. The van der Waals surface area contributed by atoms with Crippen LogP contribution in [0.3, 0.4) is 0 Å². The minimum absolute atomic E-state index is 0.0114. The second-order valence-corrected chi connectivity index (χ2v) is 4.99. The molecule has 1 aromatic carbocycles. The molecule has 0 aliphatic carbocycles. The molecule has 1 aromatic rings. The topological polar surface area (TPSA) is 60.2 Å². The van der Waals surface area contributed by atoms with Gasteiger partial charge in [-0.25, -0.2) is 0 Å². The number of primary amides is 1. The monoisotopic (exact) mass is 257 g/mol. The zero-order valence-electron chi connectivity index (χ0n) is 7.82. The summed E-state index contributed by atoms with van der Waals surface area (Å²) in [5, 5.41) is 0.511. The maximum absolute atomic E-state index is 11.0. The summed E-state index contributed by atoms with van der Waals surface area (Å²) in [6.45, 7) is 1.55. The third-order valence-electron chi connectivity index (χ3n) is 1.58. The van der Waals surface area contributed by atoms with E-state index in [1.807, 2.05) is 12.1 Å². The molecule has 0 atom stereocenters. The molecule has 0 aromatic heterocycles. The molecule has 0 bridgehead atoms. The van der Waals surface area contributed by atoms with E-state index in [1.165, 1.54) is 0 Å². The molecule has 1 rings (SSSR count). The molecule has 14 heavy (non-hydrogen) atoms. The van der Waals surface area contributed by atoms with Crippen molar-refractivity contribution in [1.82, 2.24) is 0 Å². The van der Waals surface area contributed by atoms with Gasteiger partial charge < -0.3 is 0 Å². The van der Waals surface area contributed by atoms with Crippen LogP contribution in [0.15, 0.2) is 24.3 Å². The molecule has 2 N–H and O–H groups in total. The SMILES string of the molecule is CC(=O)C[Se]c1ccccc1C(N)=O. The Hall–Kier alpha value is -1.12. The normalized spacial score (nSPS) is 9.79. The Bertz CT molecular complexity index is 363. The van der Waals surface area contributed by atoms with Crippen molar-refractivity contribution in [2.24, 2.45) is 5.73 Å². The summed E-state index contributed by atoms with van der Waals surface area (Å²) in [4.78, 5) is 21.8. The Morgan fingerprint density at radius 2 is 2.00 bits per heavy atom. The number of amides is 1. The van der Waals surface area contributed by atoms with Gasteiger partial charge in [0.15, 0.2) is 0 Å². The molecule has 0 saturated carbocycles. The molecule has 0 aliphatic rings. The number of Topliss-reactive ketones (excluding diaryl/α,β-unsaturated/α-hetero) is 1. The zero-order valence-corrected chi connectivity index (χ0v) is 9.53. The molecule has 0 unspecified atom stereocenters. The van der Waals surface area contributed by atoms with E-state index in [0.29, 0.717) is 10.9 Å². The summed E-state index contributed by atoms with van der Waals surface area (Å²) in [6, 6.07) is 7.17. The zero-order chi connectivity index (χ0) is 10.6. The summed E-state index contributed by atoms with van der Waals surface area (Å²) in [5.41, 5.74) is 5.74. The van der Waals surface area contributed by atoms with Gasteiger partial charge in [0.2, 0.25) is 0 Å². The Labute approximate surface area is 88.8 Å². The second-order valence-electron chi connectivity index (χ2n) is 2.85. The van der Waals surface area contributed by atoms with E-state index in [2.05, 4.69) is 0 Å². The van der Waals surface area contributed by atoms with Crippen molar-refractivity contribution in [3.63, 3.8) is 0 Å². The summed E-state index contributed by atoms with van der Waals surface area (Å²) in [6.07, 6.45) is 0. The number of nitrogens with two attached hydrogens (primary N) is 1. The van der Waals surface area contributed by atoms with Crippen molar-refractivity contribution in [1.29, 1.82) is 0 Å². The number of hydrogen-bond donors (Lipinski definition) is 1. The van der Waals surface area contributed by atoms with Gasteiger partial charge in [0, 0.05) is 0 Å². The Balaban J connectivity index is 2.84. The number of hydrogen-bond acceptors (Lipinski definition) is 2. The fourth-order valence-corrected chi connectivity index (χ4v) is 2.77. The van der Waals surface area contributed by atoms with Crippen LogP contribution in [0.2, 0.25) is 5.32 Å². The first-order chi connectivity index (χ1) is 6.61. The molecule has 0 spiro atoms.